The van der Waals surface area contributed by atoms with E-state index in [1.54, 1.807) is 28.1 Å². The number of aromatic nitrogens is 2. The molecule has 0 spiro atoms. The Bertz CT molecular complexity index is 1090. The minimum atomic E-state index is -0.578. The van der Waals surface area contributed by atoms with Gasteiger partial charge in [-0.3, -0.25) is 14.0 Å². The van der Waals surface area contributed by atoms with Crippen LogP contribution in [-0.2, 0) is 22.5 Å². The second-order valence-corrected chi connectivity index (χ2v) is 9.63. The number of hydrogen-bond donors (Lipinski definition) is 0. The van der Waals surface area contributed by atoms with Crippen molar-refractivity contribution in [1.82, 2.24) is 19.2 Å². The summed E-state index contributed by atoms with van der Waals surface area (Å²) in [6.07, 6.45) is 3.14. The van der Waals surface area contributed by atoms with Crippen LogP contribution in [0, 0.1) is 5.92 Å². The van der Waals surface area contributed by atoms with E-state index in [-0.39, 0.29) is 30.0 Å². The summed E-state index contributed by atoms with van der Waals surface area (Å²) in [5, 5.41) is 0.449. The maximum Gasteiger partial charge on any atom is 0.410 e. The normalized spacial score (nSPS) is 19.3. The molecule has 9 heteroatoms. The van der Waals surface area contributed by atoms with Gasteiger partial charge >= 0.3 is 6.09 Å². The Labute approximate surface area is 185 Å². The lowest BCUT2D eigenvalue weighted by molar-refractivity contribution is -0.138. The van der Waals surface area contributed by atoms with Crippen LogP contribution in [0.3, 0.4) is 0 Å². The Hall–Kier alpha value is -2.61. The van der Waals surface area contributed by atoms with Gasteiger partial charge in [0, 0.05) is 32.3 Å². The largest absolute Gasteiger partial charge is 0.444 e. The zero-order valence-corrected chi connectivity index (χ0v) is 18.8. The topological polar surface area (TPSA) is 84.2 Å². The lowest BCUT2D eigenvalue weighted by atomic mass is 9.95. The molecule has 2 aromatic rings. The summed E-state index contributed by atoms with van der Waals surface area (Å²) in [5.41, 5.74) is 1.03. The maximum absolute atomic E-state index is 13.2. The van der Waals surface area contributed by atoms with Crippen molar-refractivity contribution in [2.24, 2.45) is 5.92 Å². The molecule has 1 fully saturated rings. The van der Waals surface area contributed by atoms with Crippen LogP contribution in [0.1, 0.15) is 44.9 Å². The maximum atomic E-state index is 13.2. The lowest BCUT2D eigenvalue weighted by Gasteiger charge is -2.36. The van der Waals surface area contributed by atoms with Gasteiger partial charge in [0.05, 0.1) is 28.7 Å². The molecule has 166 valence electrons. The molecule has 0 N–H and O–H groups in total. The number of hydrogen-bond acceptors (Lipinski definition) is 5. The summed E-state index contributed by atoms with van der Waals surface area (Å²) in [6.45, 7) is 7.12. The SMILES string of the molecule is CC(C)(C)OC(=O)N1CCC[C@H](C(=O)N2CCc3nc4ccc(Cl)cn4c(=O)c3C2)C1. The standard InChI is InChI=1S/C22H27ClN4O4/c1-22(2,3)31-21(30)26-9-4-5-14(11-26)19(28)25-10-8-17-16(13-25)20(29)27-12-15(23)6-7-18(27)24-17/h6-7,12,14H,4-5,8-11,13H2,1-3H3/t14-/m0/s1. The highest BCUT2D eigenvalue weighted by Crippen LogP contribution is 2.24. The molecule has 0 unspecified atom stereocenters. The molecule has 2 aromatic heterocycles. The minimum Gasteiger partial charge on any atom is -0.444 e. The Morgan fingerprint density at radius 1 is 1.19 bits per heavy atom. The molecule has 0 saturated carbocycles. The molecule has 1 saturated heterocycles. The molecule has 1 atom stereocenters. The monoisotopic (exact) mass is 446 g/mol. The third-order valence-electron chi connectivity index (χ3n) is 5.67. The van der Waals surface area contributed by atoms with Gasteiger partial charge in [0.25, 0.3) is 5.56 Å². The number of nitrogens with zero attached hydrogens (tertiary/aromatic N) is 4. The number of rotatable bonds is 1. The lowest BCUT2D eigenvalue weighted by Crippen LogP contribution is -2.49. The smallest absolute Gasteiger partial charge is 0.410 e. The van der Waals surface area contributed by atoms with Crippen LogP contribution in [0.15, 0.2) is 23.1 Å². The Balaban J connectivity index is 1.51. The van der Waals surface area contributed by atoms with E-state index < -0.39 is 5.60 Å². The van der Waals surface area contributed by atoms with Gasteiger partial charge in [-0.15, -0.1) is 0 Å². The number of fused-ring (bicyclic) bond motifs is 2. The Morgan fingerprint density at radius 3 is 2.71 bits per heavy atom. The summed E-state index contributed by atoms with van der Waals surface area (Å²) in [4.78, 5) is 46.6. The highest BCUT2D eigenvalue weighted by molar-refractivity contribution is 6.30. The predicted octanol–water partition coefficient (Wildman–Crippen LogP) is 2.88. The molecule has 0 bridgehead atoms. The number of carbonyl (C=O) groups is 2. The van der Waals surface area contributed by atoms with Gasteiger partial charge in [0.2, 0.25) is 5.91 Å². The molecule has 2 amide bonds. The van der Waals surface area contributed by atoms with Crippen LogP contribution in [0.25, 0.3) is 5.65 Å². The van der Waals surface area contributed by atoms with Crippen molar-refractivity contribution in [3.8, 4) is 0 Å². The fourth-order valence-electron chi connectivity index (χ4n) is 4.19. The van der Waals surface area contributed by atoms with E-state index in [1.807, 2.05) is 20.8 Å². The van der Waals surface area contributed by atoms with Crippen molar-refractivity contribution in [1.29, 1.82) is 0 Å². The number of pyridine rings is 1. The Kier molecular flexibility index (Phi) is 5.68. The predicted molar refractivity (Wildman–Crippen MR) is 116 cm³/mol. The van der Waals surface area contributed by atoms with Crippen LogP contribution in [0.4, 0.5) is 4.79 Å². The number of amides is 2. The third-order valence-corrected chi connectivity index (χ3v) is 5.89. The highest BCUT2D eigenvalue weighted by Gasteiger charge is 2.35. The number of ether oxygens (including phenoxy) is 1. The third kappa shape index (κ3) is 4.54. The Morgan fingerprint density at radius 2 is 1.97 bits per heavy atom. The first-order chi connectivity index (χ1) is 14.6. The van der Waals surface area contributed by atoms with Crippen LogP contribution in [-0.4, -0.2) is 56.4 Å². The average Bonchev–Trinajstić information content (AvgIpc) is 2.73. The summed E-state index contributed by atoms with van der Waals surface area (Å²) in [5.74, 6) is -0.331. The van der Waals surface area contributed by atoms with Gasteiger partial charge in [-0.1, -0.05) is 11.6 Å². The van der Waals surface area contributed by atoms with Crippen molar-refractivity contribution >= 4 is 29.2 Å². The molecule has 2 aliphatic heterocycles. The molecular weight excluding hydrogens is 420 g/mol. The van der Waals surface area contributed by atoms with Gasteiger partial charge in [0.15, 0.2) is 0 Å². The van der Waals surface area contributed by atoms with Crippen LogP contribution >= 0.6 is 11.6 Å². The number of likely N-dealkylation sites (tertiary alicyclic amines) is 1. The average molecular weight is 447 g/mol. The van der Waals surface area contributed by atoms with Gasteiger partial charge in [-0.2, -0.15) is 0 Å². The molecule has 2 aliphatic rings. The van der Waals surface area contributed by atoms with E-state index in [1.165, 1.54) is 4.40 Å². The van der Waals surface area contributed by atoms with Gasteiger partial charge in [-0.05, 0) is 45.7 Å². The van der Waals surface area contributed by atoms with E-state index in [4.69, 9.17) is 16.3 Å². The number of piperidine rings is 1. The fraction of sp³-hybridized carbons (Fsp3) is 0.545. The first-order valence-corrected chi connectivity index (χ1v) is 11.0. The summed E-state index contributed by atoms with van der Waals surface area (Å²) in [6, 6.07) is 3.42. The summed E-state index contributed by atoms with van der Waals surface area (Å²) in [7, 11) is 0. The van der Waals surface area contributed by atoms with Crippen molar-refractivity contribution in [3.63, 3.8) is 0 Å². The van der Waals surface area contributed by atoms with E-state index in [2.05, 4.69) is 4.98 Å². The highest BCUT2D eigenvalue weighted by atomic mass is 35.5. The number of halogens is 1. The summed E-state index contributed by atoms with van der Waals surface area (Å²) >= 11 is 6.04. The van der Waals surface area contributed by atoms with Gasteiger partial charge < -0.3 is 14.5 Å². The van der Waals surface area contributed by atoms with Crippen molar-refractivity contribution in [2.75, 3.05) is 19.6 Å². The second-order valence-electron chi connectivity index (χ2n) is 9.19. The minimum absolute atomic E-state index is 0.0329. The van der Waals surface area contributed by atoms with Crippen LogP contribution in [0.5, 0.6) is 0 Å². The molecular formula is C22H27ClN4O4. The number of carbonyl (C=O) groups excluding carboxylic acids is 2. The molecule has 0 aromatic carbocycles. The fourth-order valence-corrected chi connectivity index (χ4v) is 4.35. The molecule has 4 heterocycles. The first kappa shape index (κ1) is 21.6. The summed E-state index contributed by atoms with van der Waals surface area (Å²) < 4.78 is 6.89. The zero-order valence-electron chi connectivity index (χ0n) is 18.1. The second kappa shape index (κ2) is 8.15. The molecule has 4 rings (SSSR count). The molecule has 8 nitrogen and oxygen atoms in total. The van der Waals surface area contributed by atoms with Crippen molar-refractivity contribution in [3.05, 3.63) is 45.0 Å². The van der Waals surface area contributed by atoms with Gasteiger partial charge in [-0.25, -0.2) is 9.78 Å². The first-order valence-electron chi connectivity index (χ1n) is 10.6. The van der Waals surface area contributed by atoms with Crippen molar-refractivity contribution in [2.45, 2.75) is 52.2 Å². The van der Waals surface area contributed by atoms with Crippen LogP contribution in [0.2, 0.25) is 5.02 Å². The van der Waals surface area contributed by atoms with Gasteiger partial charge in [0.1, 0.15) is 11.2 Å². The van der Waals surface area contributed by atoms with E-state index in [0.29, 0.717) is 48.7 Å². The zero-order chi connectivity index (χ0) is 22.3. The molecule has 0 radical (unpaired) electrons. The molecule has 31 heavy (non-hydrogen) atoms. The van der Waals surface area contributed by atoms with E-state index >= 15 is 0 Å². The van der Waals surface area contributed by atoms with Crippen molar-refractivity contribution < 1.29 is 14.3 Å². The van der Waals surface area contributed by atoms with Crippen LogP contribution < -0.4 is 5.56 Å². The quantitative estimate of drug-likeness (QED) is 0.672. The van der Waals surface area contributed by atoms with E-state index in [9.17, 15) is 14.4 Å². The van der Waals surface area contributed by atoms with E-state index in [0.717, 1.165) is 12.1 Å². The molecule has 0 aliphatic carbocycles.